The molecule has 2 unspecified atom stereocenters. The number of aliphatic hydroxyl groups is 1. The molecule has 160 valence electrons. The van der Waals surface area contributed by atoms with E-state index in [1.54, 1.807) is 30.3 Å². The second-order valence-corrected chi connectivity index (χ2v) is 7.14. The van der Waals surface area contributed by atoms with Crippen LogP contribution >= 0.6 is 0 Å². The first-order valence-electron chi connectivity index (χ1n) is 9.57. The summed E-state index contributed by atoms with van der Waals surface area (Å²) in [7, 11) is 0. The highest BCUT2D eigenvalue weighted by Crippen LogP contribution is 2.36. The highest BCUT2D eigenvalue weighted by molar-refractivity contribution is 6.04. The summed E-state index contributed by atoms with van der Waals surface area (Å²) in [5, 5.41) is 17.1. The molecule has 30 heavy (non-hydrogen) atoms. The van der Waals surface area contributed by atoms with E-state index in [0.29, 0.717) is 18.4 Å². The summed E-state index contributed by atoms with van der Waals surface area (Å²) in [6, 6.07) is 9.89. The molecule has 0 heterocycles. The van der Waals surface area contributed by atoms with E-state index in [2.05, 4.69) is 16.0 Å². The van der Waals surface area contributed by atoms with E-state index in [1.165, 1.54) is 6.07 Å². The predicted molar refractivity (Wildman–Crippen MR) is 106 cm³/mol. The van der Waals surface area contributed by atoms with Crippen molar-refractivity contribution >= 4 is 23.3 Å². The fourth-order valence-corrected chi connectivity index (χ4v) is 3.36. The maximum absolute atomic E-state index is 13.5. The van der Waals surface area contributed by atoms with Gasteiger partial charge in [0.2, 0.25) is 0 Å². The van der Waals surface area contributed by atoms with Gasteiger partial charge in [-0.25, -0.2) is 4.79 Å². The average molecular weight is 421 g/mol. The first-order chi connectivity index (χ1) is 14.2. The Balaban J connectivity index is 1.74. The normalized spacial score (nSPS) is 19.1. The molecule has 2 atom stereocenters. The lowest BCUT2D eigenvalue weighted by Crippen LogP contribution is -2.46. The Kier molecular flexibility index (Phi) is 6.61. The third-order valence-electron chi connectivity index (χ3n) is 4.91. The van der Waals surface area contributed by atoms with Gasteiger partial charge in [0.15, 0.2) is 0 Å². The molecular formula is C21H22F3N3O3. The van der Waals surface area contributed by atoms with Gasteiger partial charge in [-0.1, -0.05) is 31.0 Å². The van der Waals surface area contributed by atoms with Crippen LogP contribution in [-0.2, 0) is 6.18 Å². The van der Waals surface area contributed by atoms with Crippen LogP contribution < -0.4 is 16.0 Å². The number of carbonyl (C=O) groups excluding carboxylic acids is 2. The van der Waals surface area contributed by atoms with Crippen LogP contribution in [0.1, 0.15) is 41.6 Å². The fourth-order valence-electron chi connectivity index (χ4n) is 3.36. The lowest BCUT2D eigenvalue weighted by molar-refractivity contribution is -0.136. The van der Waals surface area contributed by atoms with E-state index < -0.39 is 41.5 Å². The minimum absolute atomic E-state index is 0.0511. The van der Waals surface area contributed by atoms with E-state index in [4.69, 9.17) is 0 Å². The second-order valence-electron chi connectivity index (χ2n) is 7.14. The highest BCUT2D eigenvalue weighted by Gasteiger charge is 2.35. The van der Waals surface area contributed by atoms with E-state index in [0.717, 1.165) is 25.0 Å². The number of benzene rings is 2. The zero-order valence-corrected chi connectivity index (χ0v) is 16.0. The number of carbonyl (C=O) groups is 2. The van der Waals surface area contributed by atoms with E-state index in [-0.39, 0.29) is 5.69 Å². The Morgan fingerprint density at radius 3 is 2.33 bits per heavy atom. The smallest absolute Gasteiger partial charge is 0.391 e. The third-order valence-corrected chi connectivity index (χ3v) is 4.91. The van der Waals surface area contributed by atoms with Crippen LogP contribution in [0, 0.1) is 0 Å². The number of halogens is 3. The van der Waals surface area contributed by atoms with Crippen molar-refractivity contribution in [2.24, 2.45) is 0 Å². The van der Waals surface area contributed by atoms with Gasteiger partial charge in [0.25, 0.3) is 5.91 Å². The lowest BCUT2D eigenvalue weighted by atomic mass is 9.93. The molecule has 9 heteroatoms. The van der Waals surface area contributed by atoms with Crippen molar-refractivity contribution in [1.29, 1.82) is 0 Å². The molecule has 0 saturated heterocycles. The van der Waals surface area contributed by atoms with Gasteiger partial charge in [0.1, 0.15) is 0 Å². The summed E-state index contributed by atoms with van der Waals surface area (Å²) < 4.78 is 40.6. The molecule has 0 aliphatic heterocycles. The van der Waals surface area contributed by atoms with Crippen molar-refractivity contribution in [3.8, 4) is 0 Å². The van der Waals surface area contributed by atoms with Gasteiger partial charge in [-0.15, -0.1) is 0 Å². The number of urea groups is 1. The van der Waals surface area contributed by atoms with Gasteiger partial charge in [-0.2, -0.15) is 13.2 Å². The van der Waals surface area contributed by atoms with Gasteiger partial charge in [-0.05, 0) is 43.2 Å². The SMILES string of the molecule is O=C(Nc1ccc(NC(=O)c2ccccc2)cc1C(F)(F)F)NC1CCCCC1O. The molecule has 2 aromatic rings. The van der Waals surface area contributed by atoms with Crippen molar-refractivity contribution in [2.45, 2.75) is 44.0 Å². The molecule has 3 rings (SSSR count). The highest BCUT2D eigenvalue weighted by atomic mass is 19.4. The number of anilines is 2. The van der Waals surface area contributed by atoms with Crippen molar-refractivity contribution in [2.75, 3.05) is 10.6 Å². The molecule has 2 aromatic carbocycles. The van der Waals surface area contributed by atoms with Gasteiger partial charge < -0.3 is 21.1 Å². The summed E-state index contributed by atoms with van der Waals surface area (Å²) >= 11 is 0. The molecular weight excluding hydrogens is 399 g/mol. The molecule has 4 N–H and O–H groups in total. The number of amides is 3. The Morgan fingerprint density at radius 2 is 1.67 bits per heavy atom. The largest absolute Gasteiger partial charge is 0.418 e. The third kappa shape index (κ3) is 5.50. The molecule has 1 saturated carbocycles. The molecule has 0 aromatic heterocycles. The minimum atomic E-state index is -4.75. The number of hydrogen-bond donors (Lipinski definition) is 4. The number of hydrogen-bond acceptors (Lipinski definition) is 3. The maximum Gasteiger partial charge on any atom is 0.418 e. The Morgan fingerprint density at radius 1 is 0.967 bits per heavy atom. The lowest BCUT2D eigenvalue weighted by Gasteiger charge is -2.28. The summed E-state index contributed by atoms with van der Waals surface area (Å²) in [5.74, 6) is -0.548. The predicted octanol–water partition coefficient (Wildman–Crippen LogP) is 4.38. The van der Waals surface area contributed by atoms with Crippen LogP contribution in [-0.4, -0.2) is 29.2 Å². The van der Waals surface area contributed by atoms with Gasteiger partial charge in [0, 0.05) is 11.3 Å². The number of aliphatic hydroxyl groups excluding tert-OH is 1. The van der Waals surface area contributed by atoms with Crippen LogP contribution in [0.15, 0.2) is 48.5 Å². The summed E-state index contributed by atoms with van der Waals surface area (Å²) in [4.78, 5) is 24.4. The quantitative estimate of drug-likeness (QED) is 0.591. The standard InChI is InChI=1S/C21H22F3N3O3/c22-21(23,24)15-12-14(25-19(29)13-6-2-1-3-7-13)10-11-16(15)26-20(30)27-17-8-4-5-9-18(17)28/h1-3,6-7,10-12,17-18,28H,4-5,8-9H2,(H,25,29)(H2,26,27,30). The van der Waals surface area contributed by atoms with E-state index in [9.17, 15) is 27.9 Å². The zero-order valence-electron chi connectivity index (χ0n) is 16.0. The number of alkyl halides is 3. The van der Waals surface area contributed by atoms with Gasteiger partial charge in [0.05, 0.1) is 23.4 Å². The van der Waals surface area contributed by atoms with Crippen LogP contribution in [0.2, 0.25) is 0 Å². The van der Waals surface area contributed by atoms with Crippen molar-refractivity contribution < 1.29 is 27.9 Å². The maximum atomic E-state index is 13.5. The number of rotatable bonds is 4. The van der Waals surface area contributed by atoms with Crippen LogP contribution in [0.25, 0.3) is 0 Å². The van der Waals surface area contributed by atoms with Crippen molar-refractivity contribution in [1.82, 2.24) is 5.32 Å². The zero-order chi connectivity index (χ0) is 21.7. The van der Waals surface area contributed by atoms with Crippen LogP contribution in [0.5, 0.6) is 0 Å². The second kappa shape index (κ2) is 9.17. The Bertz CT molecular complexity index is 903. The first kappa shape index (κ1) is 21.6. The van der Waals surface area contributed by atoms with Crippen molar-refractivity contribution in [3.63, 3.8) is 0 Å². The topological polar surface area (TPSA) is 90.5 Å². The molecule has 0 bridgehead atoms. The molecule has 6 nitrogen and oxygen atoms in total. The summed E-state index contributed by atoms with van der Waals surface area (Å²) in [5.41, 5.74) is -1.28. The molecule has 3 amide bonds. The molecule has 1 aliphatic carbocycles. The van der Waals surface area contributed by atoms with Gasteiger partial charge >= 0.3 is 12.2 Å². The van der Waals surface area contributed by atoms with Gasteiger partial charge in [-0.3, -0.25) is 4.79 Å². The fraction of sp³-hybridized carbons (Fsp3) is 0.333. The van der Waals surface area contributed by atoms with Crippen LogP contribution in [0.4, 0.5) is 29.3 Å². The van der Waals surface area contributed by atoms with Crippen LogP contribution in [0.3, 0.4) is 0 Å². The van der Waals surface area contributed by atoms with Crippen molar-refractivity contribution in [3.05, 3.63) is 59.7 Å². The molecule has 1 aliphatic rings. The summed E-state index contributed by atoms with van der Waals surface area (Å²) in [6.45, 7) is 0. The van der Waals surface area contributed by atoms with E-state index >= 15 is 0 Å². The first-order valence-corrected chi connectivity index (χ1v) is 9.57. The Hall–Kier alpha value is -3.07. The number of nitrogens with one attached hydrogen (secondary N) is 3. The molecule has 0 spiro atoms. The average Bonchev–Trinajstić information content (AvgIpc) is 2.70. The molecule has 1 fully saturated rings. The molecule has 0 radical (unpaired) electrons. The monoisotopic (exact) mass is 421 g/mol. The minimum Gasteiger partial charge on any atom is -0.391 e. The van der Waals surface area contributed by atoms with E-state index in [1.807, 2.05) is 0 Å². The summed E-state index contributed by atoms with van der Waals surface area (Å²) in [6.07, 6.45) is -2.71. The Labute approximate surface area is 171 Å².